The SMILES string of the molecule is CNC(=O)c1ccccc1Sc1ccc2c(/C=C/c3ccccn3)nn(C(=O)Oc3c(COC(=O)C(C)C(C)C(=O)N[C@H](C(=O)N[C@@H](CCN)C(=O)N[C@H]4CCNC(=O)[C@H]([C@@H](C)O)NC(=O)[C@H](CCN)NC(=O)[C@H](CCN)NC(=O)[C@H](CC(C)C)NC(=O)[C@@H](Cc5ccccc5)NC(=O)[C@H](CCN)NC4=O)[C@@H](C)O)cccc3C(C)(C)C)c2c1. The third-order valence-electron chi connectivity index (χ3n) is 19.6. The standard InChI is InChI=1S/C83H112N18O17S/c1-45(2)41-63-77(111)93-58(30-35-84)72(106)92-61(33-38-87)76(110)99-67(48(5)102)79(113)90-40-34-62(75(109)91-59(31-36-85)74(108)97-64(78(112)96-63)42-50-19-12-11-13-20-50)94-73(107)60(32-37-86)95-80(114)68(49(6)103)98-70(104)46(3)47(4)81(115)117-44-51-21-18-24-56(83(7,8)9)69(51)118-82(116)101-65-43-53(119-66-25-15-14-23-55(66)71(105)88-10)27-28-54(65)57(100-101)29-26-52-22-16-17-39-89-52/h11-29,39,43,45-49,58-64,67-68,102-103H,30-38,40-42,44,84-87H2,1-10H3,(H,88,105)(H,90,113)(H,91,109)(H,92,106)(H,93,111)(H,94,107)(H,95,114)(H,96,112)(H,97,108)(H,98,104)(H,99,110)/b29-26+/t46?,47?,48-,49-,58+,59+,60+,61+,62+,63+,64-,67+,68+/m1/s1. The molecule has 1 aliphatic heterocycles. The van der Waals surface area contributed by atoms with Crippen molar-refractivity contribution in [3.05, 3.63) is 149 Å². The quantitative estimate of drug-likeness (QED) is 0.0281. The summed E-state index contributed by atoms with van der Waals surface area (Å²) >= 11 is 1.30. The average Bonchev–Trinajstić information content (AvgIpc) is 1.64. The Kier molecular flexibility index (Phi) is 36.1. The number of hydrogen-bond acceptors (Lipinski definition) is 24. The number of rotatable bonds is 30. The molecule has 642 valence electrons. The molecule has 0 spiro atoms. The van der Waals surface area contributed by atoms with Gasteiger partial charge in [-0.15, -0.1) is 0 Å². The van der Waals surface area contributed by atoms with E-state index in [2.05, 4.69) is 63.5 Å². The maximum absolute atomic E-state index is 14.8. The van der Waals surface area contributed by atoms with Crippen LogP contribution in [0.1, 0.15) is 139 Å². The van der Waals surface area contributed by atoms with Crippen molar-refractivity contribution in [2.75, 3.05) is 39.8 Å². The average molecular weight is 1670 g/mol. The summed E-state index contributed by atoms with van der Waals surface area (Å²) < 4.78 is 13.3. The Morgan fingerprint density at radius 3 is 1.83 bits per heavy atom. The van der Waals surface area contributed by atoms with Crippen LogP contribution in [-0.4, -0.2) is 208 Å². The highest BCUT2D eigenvalue weighted by Crippen LogP contribution is 2.37. The smallest absolute Gasteiger partial charge is 0.440 e. The summed E-state index contributed by atoms with van der Waals surface area (Å²) in [5, 5.41) is 55.6. The number of amides is 11. The van der Waals surface area contributed by atoms with Crippen LogP contribution >= 0.6 is 11.8 Å². The zero-order chi connectivity index (χ0) is 87.4. The molecular weight excluding hydrogens is 1550 g/mol. The fourth-order valence-electron chi connectivity index (χ4n) is 12.8. The number of carbonyl (C=O) groups is 13. The highest BCUT2D eigenvalue weighted by molar-refractivity contribution is 7.99. The van der Waals surface area contributed by atoms with Crippen LogP contribution in [0.2, 0.25) is 0 Å². The number of fused-ring (bicyclic) bond motifs is 1. The third-order valence-corrected chi connectivity index (χ3v) is 20.7. The van der Waals surface area contributed by atoms with Gasteiger partial charge in [-0.05, 0) is 150 Å². The first-order valence-corrected chi connectivity index (χ1v) is 40.3. The summed E-state index contributed by atoms with van der Waals surface area (Å²) in [5.41, 5.74) is 26.3. The van der Waals surface area contributed by atoms with Gasteiger partial charge in [-0.2, -0.15) is 9.78 Å². The molecule has 35 nitrogen and oxygen atoms in total. The van der Waals surface area contributed by atoms with E-state index < -0.39 is 175 Å². The summed E-state index contributed by atoms with van der Waals surface area (Å²) in [5.74, 6) is -13.6. The lowest BCUT2D eigenvalue weighted by Gasteiger charge is -2.29. The molecule has 7 rings (SSSR count). The minimum atomic E-state index is -1.82. The Morgan fingerprint density at radius 2 is 1.24 bits per heavy atom. The van der Waals surface area contributed by atoms with Crippen molar-refractivity contribution in [3.63, 3.8) is 0 Å². The van der Waals surface area contributed by atoms with Gasteiger partial charge >= 0.3 is 12.1 Å². The second-order valence-electron chi connectivity index (χ2n) is 30.4. The third kappa shape index (κ3) is 27.3. The molecule has 1 saturated heterocycles. The van der Waals surface area contributed by atoms with Crippen molar-refractivity contribution in [2.24, 2.45) is 40.7 Å². The van der Waals surface area contributed by atoms with Crippen LogP contribution in [0, 0.1) is 17.8 Å². The summed E-state index contributed by atoms with van der Waals surface area (Å²) in [6, 6.07) is 17.3. The number of ether oxygens (including phenoxy) is 2. The topological polar surface area (TPSA) is 548 Å². The molecule has 0 radical (unpaired) electrons. The highest BCUT2D eigenvalue weighted by Gasteiger charge is 2.39. The molecule has 0 bridgehead atoms. The van der Waals surface area contributed by atoms with E-state index in [1.54, 1.807) is 129 Å². The van der Waals surface area contributed by atoms with Crippen molar-refractivity contribution in [3.8, 4) is 5.75 Å². The van der Waals surface area contributed by atoms with Gasteiger partial charge in [-0.1, -0.05) is 127 Å². The molecule has 11 amide bonds. The fraction of sp³-hybridized carbons (Fsp3) is 0.458. The van der Waals surface area contributed by atoms with Crippen molar-refractivity contribution in [2.45, 2.75) is 196 Å². The maximum Gasteiger partial charge on any atom is 0.440 e. The molecule has 1 aliphatic rings. The summed E-state index contributed by atoms with van der Waals surface area (Å²) in [6.07, 6.45) is -0.745. The van der Waals surface area contributed by atoms with Crippen LogP contribution in [0.4, 0.5) is 4.79 Å². The second-order valence-corrected chi connectivity index (χ2v) is 31.5. The predicted octanol–water partition coefficient (Wildman–Crippen LogP) is 1.10. The summed E-state index contributed by atoms with van der Waals surface area (Å²) in [7, 11) is 1.54. The molecular formula is C83H112N18O17S. The number of pyridine rings is 1. The number of aliphatic hydroxyl groups is 2. The number of para-hydroxylation sites is 1. The van der Waals surface area contributed by atoms with Crippen molar-refractivity contribution in [1.29, 1.82) is 0 Å². The molecule has 1 fully saturated rings. The molecule has 36 heteroatoms. The Bertz CT molecular complexity index is 4580. The van der Waals surface area contributed by atoms with Crippen LogP contribution in [0.25, 0.3) is 23.1 Å². The molecule has 13 atom stereocenters. The van der Waals surface area contributed by atoms with Crippen LogP contribution in [-0.2, 0) is 75.9 Å². The van der Waals surface area contributed by atoms with Crippen molar-refractivity contribution in [1.82, 2.24) is 73.2 Å². The molecule has 6 aromatic rings. The lowest BCUT2D eigenvalue weighted by molar-refractivity contribution is -0.153. The molecule has 3 heterocycles. The lowest BCUT2D eigenvalue weighted by Crippen LogP contribution is -2.61. The zero-order valence-electron chi connectivity index (χ0n) is 68.5. The van der Waals surface area contributed by atoms with Crippen LogP contribution in [0.5, 0.6) is 5.75 Å². The highest BCUT2D eigenvalue weighted by atomic mass is 32.2. The van der Waals surface area contributed by atoms with Crippen molar-refractivity contribution >= 4 is 112 Å². The molecule has 119 heavy (non-hydrogen) atoms. The number of esters is 1. The minimum Gasteiger partial charge on any atom is -0.460 e. The largest absolute Gasteiger partial charge is 0.460 e. The number of carbonyl (C=O) groups excluding carboxylic acids is 13. The minimum absolute atomic E-state index is 0.0182. The number of nitrogens with zero attached hydrogens (tertiary/aromatic N) is 3. The van der Waals surface area contributed by atoms with E-state index in [9.17, 15) is 72.5 Å². The Labute approximate surface area is 694 Å². The second kappa shape index (κ2) is 45.4. The van der Waals surface area contributed by atoms with Crippen LogP contribution in [0.3, 0.4) is 0 Å². The van der Waals surface area contributed by atoms with Gasteiger partial charge in [0.2, 0.25) is 59.1 Å². The Morgan fingerprint density at radius 1 is 0.639 bits per heavy atom. The molecule has 2 aromatic heterocycles. The number of nitrogens with one attached hydrogen (secondary N) is 11. The molecule has 2 unspecified atom stereocenters. The first-order valence-electron chi connectivity index (χ1n) is 39.4. The normalized spacial score (nSPS) is 19.8. The van der Waals surface area contributed by atoms with Crippen molar-refractivity contribution < 1.29 is 82.0 Å². The van der Waals surface area contributed by atoms with Gasteiger partial charge in [-0.25, -0.2) is 4.79 Å². The van der Waals surface area contributed by atoms with E-state index in [4.69, 9.17) is 37.5 Å². The molecule has 0 saturated carbocycles. The number of aromatic nitrogens is 3. The van der Waals surface area contributed by atoms with Gasteiger partial charge in [0.05, 0.1) is 40.6 Å². The molecule has 0 aliphatic carbocycles. The number of aliphatic hydroxyl groups excluding tert-OH is 2. The van der Waals surface area contributed by atoms with Gasteiger partial charge in [0.1, 0.15) is 66.7 Å². The van der Waals surface area contributed by atoms with E-state index in [-0.39, 0.29) is 87.8 Å². The molecule has 4 aromatic carbocycles. The van der Waals surface area contributed by atoms with E-state index in [0.717, 1.165) is 4.68 Å². The Balaban J connectivity index is 1.11. The van der Waals surface area contributed by atoms with Crippen LogP contribution in [0.15, 0.2) is 125 Å². The van der Waals surface area contributed by atoms with Gasteiger partial charge in [0, 0.05) is 58.4 Å². The summed E-state index contributed by atoms with van der Waals surface area (Å²) in [4.78, 5) is 191. The van der Waals surface area contributed by atoms with Gasteiger partial charge in [0.15, 0.2) is 0 Å². The molecule has 21 N–H and O–H groups in total. The van der Waals surface area contributed by atoms with E-state index >= 15 is 0 Å². The van der Waals surface area contributed by atoms with E-state index in [1.165, 1.54) is 46.5 Å². The number of benzene rings is 4. The monoisotopic (exact) mass is 1660 g/mol. The fourth-order valence-corrected chi connectivity index (χ4v) is 13.8. The van der Waals surface area contributed by atoms with E-state index in [1.807, 2.05) is 32.9 Å². The number of hydrogen-bond donors (Lipinski definition) is 17. The van der Waals surface area contributed by atoms with Gasteiger partial charge in [-0.3, -0.25) is 62.5 Å². The zero-order valence-corrected chi connectivity index (χ0v) is 69.3. The number of nitrogens with two attached hydrogens (primary N) is 4. The first-order chi connectivity index (χ1) is 56.6. The van der Waals surface area contributed by atoms with Crippen LogP contribution < -0.4 is 86.2 Å². The van der Waals surface area contributed by atoms with Gasteiger partial charge < -0.3 is 101 Å². The Hall–Kier alpha value is -11.5. The van der Waals surface area contributed by atoms with Gasteiger partial charge in [0.25, 0.3) is 5.91 Å². The maximum atomic E-state index is 14.8. The lowest BCUT2D eigenvalue weighted by atomic mass is 9.85. The first kappa shape index (κ1) is 94.6. The summed E-state index contributed by atoms with van der Waals surface area (Å²) in [6.45, 7) is 12.5. The predicted molar refractivity (Wildman–Crippen MR) is 444 cm³/mol. The van der Waals surface area contributed by atoms with E-state index in [0.29, 0.717) is 48.8 Å².